The number of rotatable bonds is 8. The second-order valence-electron chi connectivity index (χ2n) is 11.5. The molecule has 4 atom stereocenters. The Morgan fingerprint density at radius 1 is 1.03 bits per heavy atom. The Kier molecular flexibility index (Phi) is 8.19. The third-order valence-electron chi connectivity index (χ3n) is 8.44. The third-order valence-corrected chi connectivity index (χ3v) is 9.36. The minimum Gasteiger partial charge on any atom is -0.340 e. The molecule has 5 rings (SSSR count). The van der Waals surface area contributed by atoms with Crippen LogP contribution >= 0.6 is 11.3 Å². The molecule has 1 aromatic carbocycles. The number of amides is 3. The van der Waals surface area contributed by atoms with Gasteiger partial charge in [-0.15, -0.1) is 11.3 Å². The van der Waals surface area contributed by atoms with Crippen LogP contribution in [0.25, 0.3) is 10.4 Å². The smallest absolute Gasteiger partial charge is 0.251 e. The molecule has 9 heteroatoms. The fourth-order valence-electron chi connectivity index (χ4n) is 6.43. The average Bonchev–Trinajstić information content (AvgIpc) is 3.73. The highest BCUT2D eigenvalue weighted by Crippen LogP contribution is 2.34. The Bertz CT molecular complexity index is 1210. The summed E-state index contributed by atoms with van der Waals surface area (Å²) in [6.07, 6.45) is 5.05. The van der Waals surface area contributed by atoms with Gasteiger partial charge in [0.05, 0.1) is 18.6 Å². The minimum atomic E-state index is -0.758. The fourth-order valence-corrected chi connectivity index (χ4v) is 7.16. The number of fused-ring (bicyclic) bond motifs is 1. The van der Waals surface area contributed by atoms with Crippen LogP contribution in [-0.2, 0) is 14.4 Å². The quantitative estimate of drug-likeness (QED) is 0.523. The Balaban J connectivity index is 1.27. The monoisotopic (exact) mass is 550 g/mol. The van der Waals surface area contributed by atoms with E-state index in [-0.39, 0.29) is 47.9 Å². The van der Waals surface area contributed by atoms with E-state index in [1.54, 1.807) is 33.3 Å². The van der Waals surface area contributed by atoms with Gasteiger partial charge in [-0.1, -0.05) is 44.9 Å². The van der Waals surface area contributed by atoms with Crippen LogP contribution in [0.2, 0.25) is 0 Å². The van der Waals surface area contributed by atoms with Crippen LogP contribution in [0.1, 0.15) is 62.7 Å². The lowest BCUT2D eigenvalue weighted by Gasteiger charge is -2.30. The molecular formula is C30H38N4O4S. The van der Waals surface area contributed by atoms with Crippen molar-refractivity contribution in [2.45, 2.75) is 76.5 Å². The fraction of sp³-hybridized carbons (Fsp3) is 0.533. The van der Waals surface area contributed by atoms with E-state index in [0.29, 0.717) is 24.9 Å². The van der Waals surface area contributed by atoms with Crippen molar-refractivity contribution in [3.63, 3.8) is 0 Å². The van der Waals surface area contributed by atoms with E-state index in [0.717, 1.165) is 36.1 Å². The van der Waals surface area contributed by atoms with Gasteiger partial charge in [0.1, 0.15) is 12.1 Å². The number of hydrogen-bond acceptors (Lipinski definition) is 6. The molecular weight excluding hydrogens is 512 g/mol. The minimum absolute atomic E-state index is 0.00381. The molecule has 3 aliphatic rings. The molecule has 2 aliphatic heterocycles. The summed E-state index contributed by atoms with van der Waals surface area (Å²) in [6.45, 7) is 4.37. The number of carbonyl (C=O) groups is 4. The van der Waals surface area contributed by atoms with Crippen LogP contribution < -0.4 is 11.1 Å². The highest BCUT2D eigenvalue weighted by molar-refractivity contribution is 7.13. The van der Waals surface area contributed by atoms with Crippen LogP contribution in [-0.4, -0.2) is 70.6 Å². The number of carbonyl (C=O) groups excluding carboxylic acids is 4. The molecule has 3 amide bonds. The van der Waals surface area contributed by atoms with Crippen molar-refractivity contribution in [1.29, 1.82) is 0 Å². The van der Waals surface area contributed by atoms with Crippen molar-refractivity contribution in [2.75, 3.05) is 13.1 Å². The van der Waals surface area contributed by atoms with Gasteiger partial charge in [0.15, 0.2) is 5.78 Å². The molecule has 1 saturated carbocycles. The second-order valence-corrected chi connectivity index (χ2v) is 12.5. The molecule has 4 unspecified atom stereocenters. The SMILES string of the molecule is CC(C)CC(NC(=O)c1ccc(-c2cccs2)cc1)C(=O)N1CCC2C1C(=O)CN2C(=O)C(N)C1CCCC1. The van der Waals surface area contributed by atoms with Crippen LogP contribution in [0.5, 0.6) is 0 Å². The highest BCUT2D eigenvalue weighted by Gasteiger charge is 2.53. The predicted molar refractivity (Wildman–Crippen MR) is 151 cm³/mol. The van der Waals surface area contributed by atoms with Gasteiger partial charge in [-0.2, -0.15) is 0 Å². The van der Waals surface area contributed by atoms with Gasteiger partial charge < -0.3 is 20.9 Å². The van der Waals surface area contributed by atoms with Crippen molar-refractivity contribution >= 4 is 34.8 Å². The van der Waals surface area contributed by atoms with Gasteiger partial charge in [0, 0.05) is 17.0 Å². The van der Waals surface area contributed by atoms with E-state index in [2.05, 4.69) is 5.32 Å². The second kappa shape index (κ2) is 11.6. The lowest BCUT2D eigenvalue weighted by molar-refractivity contribution is -0.138. The summed E-state index contributed by atoms with van der Waals surface area (Å²) in [6, 6.07) is 9.00. The lowest BCUT2D eigenvalue weighted by atomic mass is 9.97. The molecule has 2 saturated heterocycles. The summed E-state index contributed by atoms with van der Waals surface area (Å²) in [5.41, 5.74) is 7.86. The largest absolute Gasteiger partial charge is 0.340 e. The number of thiophene rings is 1. The number of hydrogen-bond donors (Lipinski definition) is 2. The summed E-state index contributed by atoms with van der Waals surface area (Å²) in [4.78, 5) is 57.7. The summed E-state index contributed by atoms with van der Waals surface area (Å²) < 4.78 is 0. The first-order valence-corrected chi connectivity index (χ1v) is 15.0. The van der Waals surface area contributed by atoms with Gasteiger partial charge in [-0.05, 0) is 66.7 Å². The molecule has 1 aliphatic carbocycles. The first-order valence-electron chi connectivity index (χ1n) is 14.1. The predicted octanol–water partition coefficient (Wildman–Crippen LogP) is 3.46. The molecule has 0 bridgehead atoms. The van der Waals surface area contributed by atoms with Crippen LogP contribution in [0, 0.1) is 11.8 Å². The number of Topliss-reactive ketones (excluding diaryl/α,β-unsaturated/α-hetero) is 1. The number of nitrogens with two attached hydrogens (primary N) is 1. The van der Waals surface area contributed by atoms with Gasteiger partial charge in [-0.25, -0.2) is 0 Å². The Labute approximate surface area is 233 Å². The van der Waals surface area contributed by atoms with E-state index in [4.69, 9.17) is 5.73 Å². The Morgan fingerprint density at radius 3 is 2.38 bits per heavy atom. The van der Waals surface area contributed by atoms with Gasteiger partial charge in [0.2, 0.25) is 11.8 Å². The molecule has 39 heavy (non-hydrogen) atoms. The number of ketones is 1. The highest BCUT2D eigenvalue weighted by atomic mass is 32.1. The third kappa shape index (κ3) is 5.65. The zero-order chi connectivity index (χ0) is 27.7. The molecule has 3 heterocycles. The standard InChI is InChI=1S/C30H38N4O4S/c1-18(2)16-22(32-28(36)21-11-9-19(10-12-21)25-8-5-15-39-25)29(37)33-14-13-23-27(33)24(35)17-34(23)30(38)26(31)20-6-3-4-7-20/h5,8-12,15,18,20,22-23,26-27H,3-4,6-7,13-14,16-17,31H2,1-2H3,(H,32,36). The van der Waals surface area contributed by atoms with Crippen LogP contribution in [0.4, 0.5) is 0 Å². The van der Waals surface area contributed by atoms with Gasteiger partial charge in [-0.3, -0.25) is 19.2 Å². The maximum Gasteiger partial charge on any atom is 0.251 e. The zero-order valence-electron chi connectivity index (χ0n) is 22.7. The molecule has 0 radical (unpaired) electrons. The summed E-state index contributed by atoms with van der Waals surface area (Å²) in [5, 5.41) is 4.95. The van der Waals surface area contributed by atoms with E-state index in [1.165, 1.54) is 0 Å². The topological polar surface area (TPSA) is 113 Å². The van der Waals surface area contributed by atoms with Crippen molar-refractivity contribution in [2.24, 2.45) is 17.6 Å². The number of nitrogens with zero attached hydrogens (tertiary/aromatic N) is 2. The van der Waals surface area contributed by atoms with E-state index in [1.807, 2.05) is 43.5 Å². The Hall–Kier alpha value is -3.04. The van der Waals surface area contributed by atoms with Crippen molar-refractivity contribution in [3.05, 3.63) is 47.3 Å². The number of nitrogens with one attached hydrogen (secondary N) is 1. The van der Waals surface area contributed by atoms with Crippen molar-refractivity contribution in [1.82, 2.24) is 15.1 Å². The molecule has 3 N–H and O–H groups in total. The molecule has 0 spiro atoms. The van der Waals surface area contributed by atoms with Crippen LogP contribution in [0.3, 0.4) is 0 Å². The van der Waals surface area contributed by atoms with E-state index >= 15 is 0 Å². The van der Waals surface area contributed by atoms with Crippen LogP contribution in [0.15, 0.2) is 41.8 Å². The first-order chi connectivity index (χ1) is 18.7. The number of benzene rings is 1. The maximum atomic E-state index is 13.8. The molecule has 3 fully saturated rings. The zero-order valence-corrected chi connectivity index (χ0v) is 23.5. The van der Waals surface area contributed by atoms with Gasteiger partial charge in [0.25, 0.3) is 5.91 Å². The lowest BCUT2D eigenvalue weighted by Crippen LogP contribution is -2.53. The first kappa shape index (κ1) is 27.5. The van der Waals surface area contributed by atoms with E-state index in [9.17, 15) is 19.2 Å². The maximum absolute atomic E-state index is 13.8. The molecule has 1 aromatic heterocycles. The normalized spacial score (nSPS) is 22.8. The molecule has 208 valence electrons. The summed E-state index contributed by atoms with van der Waals surface area (Å²) in [7, 11) is 0. The van der Waals surface area contributed by atoms with Gasteiger partial charge >= 0.3 is 0 Å². The van der Waals surface area contributed by atoms with Crippen molar-refractivity contribution < 1.29 is 19.2 Å². The number of likely N-dealkylation sites (tertiary alicyclic amines) is 2. The Morgan fingerprint density at radius 2 is 1.74 bits per heavy atom. The molecule has 8 nitrogen and oxygen atoms in total. The summed E-state index contributed by atoms with van der Waals surface area (Å²) >= 11 is 1.63. The molecule has 2 aromatic rings. The average molecular weight is 551 g/mol. The van der Waals surface area contributed by atoms with Crippen molar-refractivity contribution in [3.8, 4) is 10.4 Å². The summed E-state index contributed by atoms with van der Waals surface area (Å²) in [5.74, 6) is -0.565. The van der Waals surface area contributed by atoms with E-state index < -0.39 is 18.1 Å².